The molecule has 1 heterocycles. The molecule has 1 amide bonds. The van der Waals surface area contributed by atoms with E-state index < -0.39 is 0 Å². The van der Waals surface area contributed by atoms with Gasteiger partial charge in [-0.3, -0.25) is 4.79 Å². The van der Waals surface area contributed by atoms with Crippen molar-refractivity contribution in [2.45, 2.75) is 96.8 Å². The van der Waals surface area contributed by atoms with Crippen molar-refractivity contribution in [1.29, 1.82) is 0 Å². The third-order valence-electron chi connectivity index (χ3n) is 4.62. The Balaban J connectivity index is 1.81. The smallest absolute Gasteiger partial charge is 0.222 e. The van der Waals surface area contributed by atoms with Gasteiger partial charge in [0.25, 0.3) is 0 Å². The highest BCUT2D eigenvalue weighted by molar-refractivity contribution is 5.76. The number of unbranched alkanes of at least 4 members (excludes halogenated alkanes) is 9. The van der Waals surface area contributed by atoms with E-state index in [-0.39, 0.29) is 0 Å². The minimum atomic E-state index is 0.352. The Kier molecular flexibility index (Phi) is 12.1. The van der Waals surface area contributed by atoms with Gasteiger partial charge in [0, 0.05) is 19.5 Å². The van der Waals surface area contributed by atoms with Gasteiger partial charge in [-0.15, -0.1) is 0 Å². The van der Waals surface area contributed by atoms with Crippen LogP contribution in [0.2, 0.25) is 0 Å². The van der Waals surface area contributed by atoms with Gasteiger partial charge in [-0.1, -0.05) is 70.4 Å². The first-order chi connectivity index (χ1) is 10.8. The highest BCUT2D eigenvalue weighted by Crippen LogP contribution is 2.12. The van der Waals surface area contributed by atoms with E-state index in [2.05, 4.69) is 19.1 Å². The molecule has 128 valence electrons. The fourth-order valence-electron chi connectivity index (χ4n) is 3.14. The van der Waals surface area contributed by atoms with Gasteiger partial charge < -0.3 is 4.90 Å². The number of nitrogens with zero attached hydrogens (tertiary/aromatic N) is 1. The summed E-state index contributed by atoms with van der Waals surface area (Å²) in [6, 6.07) is 0. The molecule has 2 heteroatoms. The molecule has 0 saturated carbocycles. The van der Waals surface area contributed by atoms with Crippen molar-refractivity contribution in [3.63, 3.8) is 0 Å². The molecule has 0 bridgehead atoms. The highest BCUT2D eigenvalue weighted by atomic mass is 16.2. The molecule has 1 fully saturated rings. The molecular weight excluding hydrogens is 270 g/mol. The second-order valence-electron chi connectivity index (χ2n) is 6.72. The average molecular weight is 308 g/mol. The molecular formula is C20H37NO. The minimum absolute atomic E-state index is 0.352. The van der Waals surface area contributed by atoms with E-state index in [1.54, 1.807) is 0 Å². The lowest BCUT2D eigenvalue weighted by atomic mass is 10.1. The van der Waals surface area contributed by atoms with Crippen molar-refractivity contribution in [3.05, 3.63) is 12.2 Å². The average Bonchev–Trinajstić information content (AvgIpc) is 3.06. The predicted octanol–water partition coefficient (Wildman–Crippen LogP) is 5.87. The van der Waals surface area contributed by atoms with Crippen LogP contribution in [-0.2, 0) is 4.79 Å². The van der Waals surface area contributed by atoms with E-state index in [0.29, 0.717) is 12.3 Å². The summed E-state index contributed by atoms with van der Waals surface area (Å²) in [5, 5.41) is 0. The standard InChI is InChI=1S/C20H37NO/c1-2-3-4-5-6-7-8-9-10-11-12-13-14-17-20(22)21-18-15-16-19-21/h12-13H,2-11,14-19H2,1H3. The number of amides is 1. The molecule has 0 unspecified atom stereocenters. The maximum Gasteiger partial charge on any atom is 0.222 e. The number of likely N-dealkylation sites (tertiary alicyclic amines) is 1. The van der Waals surface area contributed by atoms with Gasteiger partial charge in [0.15, 0.2) is 0 Å². The van der Waals surface area contributed by atoms with E-state index in [1.165, 1.54) is 77.0 Å². The second-order valence-corrected chi connectivity index (χ2v) is 6.72. The Morgan fingerprint density at radius 1 is 0.818 bits per heavy atom. The van der Waals surface area contributed by atoms with Gasteiger partial charge in [0.05, 0.1) is 0 Å². The van der Waals surface area contributed by atoms with Crippen molar-refractivity contribution < 1.29 is 4.79 Å². The van der Waals surface area contributed by atoms with Gasteiger partial charge in [-0.2, -0.15) is 0 Å². The van der Waals surface area contributed by atoms with Crippen molar-refractivity contribution in [3.8, 4) is 0 Å². The summed E-state index contributed by atoms with van der Waals surface area (Å²) in [6.07, 6.45) is 22.2. The first kappa shape index (κ1) is 19.3. The van der Waals surface area contributed by atoms with Crippen molar-refractivity contribution in [1.82, 2.24) is 4.90 Å². The molecule has 0 atom stereocenters. The summed E-state index contributed by atoms with van der Waals surface area (Å²) in [5.41, 5.74) is 0. The fraction of sp³-hybridized carbons (Fsp3) is 0.850. The number of carbonyl (C=O) groups is 1. The number of carbonyl (C=O) groups excluding carboxylic acids is 1. The molecule has 0 N–H and O–H groups in total. The van der Waals surface area contributed by atoms with Crippen LogP contribution in [0.4, 0.5) is 0 Å². The van der Waals surface area contributed by atoms with Gasteiger partial charge in [0.1, 0.15) is 0 Å². The van der Waals surface area contributed by atoms with E-state index in [0.717, 1.165) is 19.5 Å². The molecule has 1 aliphatic heterocycles. The van der Waals surface area contributed by atoms with E-state index in [4.69, 9.17) is 0 Å². The lowest BCUT2D eigenvalue weighted by Crippen LogP contribution is -2.27. The Morgan fingerprint density at radius 2 is 1.36 bits per heavy atom. The van der Waals surface area contributed by atoms with Crippen molar-refractivity contribution in [2.75, 3.05) is 13.1 Å². The first-order valence-electron chi connectivity index (χ1n) is 9.77. The lowest BCUT2D eigenvalue weighted by Gasteiger charge is -2.13. The maximum atomic E-state index is 11.8. The Hall–Kier alpha value is -0.790. The molecule has 1 rings (SSSR count). The van der Waals surface area contributed by atoms with Crippen LogP contribution in [0.3, 0.4) is 0 Å². The van der Waals surface area contributed by atoms with Crippen LogP contribution in [0.25, 0.3) is 0 Å². The Morgan fingerprint density at radius 3 is 2.00 bits per heavy atom. The zero-order valence-electron chi connectivity index (χ0n) is 14.8. The second kappa shape index (κ2) is 13.8. The molecule has 1 saturated heterocycles. The predicted molar refractivity (Wildman–Crippen MR) is 96.0 cm³/mol. The Bertz CT molecular complexity index is 292. The summed E-state index contributed by atoms with van der Waals surface area (Å²) >= 11 is 0. The molecule has 1 aliphatic rings. The first-order valence-corrected chi connectivity index (χ1v) is 9.77. The van der Waals surface area contributed by atoms with Crippen LogP contribution in [0.1, 0.15) is 96.8 Å². The summed E-state index contributed by atoms with van der Waals surface area (Å²) in [7, 11) is 0. The SMILES string of the molecule is CCCCCCCCCCCC=CCCC(=O)N1CCCC1. The number of hydrogen-bond donors (Lipinski definition) is 0. The van der Waals surface area contributed by atoms with Crippen LogP contribution in [-0.4, -0.2) is 23.9 Å². The van der Waals surface area contributed by atoms with Crippen molar-refractivity contribution >= 4 is 5.91 Å². The highest BCUT2D eigenvalue weighted by Gasteiger charge is 2.16. The van der Waals surface area contributed by atoms with E-state index >= 15 is 0 Å². The maximum absolute atomic E-state index is 11.8. The zero-order valence-corrected chi connectivity index (χ0v) is 14.8. The van der Waals surface area contributed by atoms with Crippen molar-refractivity contribution in [2.24, 2.45) is 0 Å². The quantitative estimate of drug-likeness (QED) is 0.308. The monoisotopic (exact) mass is 307 g/mol. The van der Waals surface area contributed by atoms with Crippen LogP contribution in [0.5, 0.6) is 0 Å². The topological polar surface area (TPSA) is 20.3 Å². The summed E-state index contributed by atoms with van der Waals surface area (Å²) in [6.45, 7) is 4.25. The van der Waals surface area contributed by atoms with Gasteiger partial charge in [0.2, 0.25) is 5.91 Å². The largest absolute Gasteiger partial charge is 0.343 e. The molecule has 0 aromatic carbocycles. The number of hydrogen-bond acceptors (Lipinski definition) is 1. The van der Waals surface area contributed by atoms with Gasteiger partial charge in [-0.05, 0) is 32.1 Å². The van der Waals surface area contributed by atoms with Gasteiger partial charge >= 0.3 is 0 Å². The minimum Gasteiger partial charge on any atom is -0.343 e. The van der Waals surface area contributed by atoms with E-state index in [1.807, 2.05) is 4.90 Å². The number of rotatable bonds is 13. The normalized spacial score (nSPS) is 15.0. The van der Waals surface area contributed by atoms with E-state index in [9.17, 15) is 4.79 Å². The molecule has 0 spiro atoms. The third-order valence-corrected chi connectivity index (χ3v) is 4.62. The summed E-state index contributed by atoms with van der Waals surface area (Å²) in [5.74, 6) is 0.352. The molecule has 0 aliphatic carbocycles. The summed E-state index contributed by atoms with van der Waals surface area (Å²) < 4.78 is 0. The van der Waals surface area contributed by atoms with Gasteiger partial charge in [-0.25, -0.2) is 0 Å². The van der Waals surface area contributed by atoms with Crippen LogP contribution >= 0.6 is 0 Å². The molecule has 0 radical (unpaired) electrons. The Labute approximate surface area is 138 Å². The molecule has 2 nitrogen and oxygen atoms in total. The fourth-order valence-corrected chi connectivity index (χ4v) is 3.14. The summed E-state index contributed by atoms with van der Waals surface area (Å²) in [4.78, 5) is 13.9. The van der Waals surface area contributed by atoms with Crippen LogP contribution in [0.15, 0.2) is 12.2 Å². The molecule has 0 aromatic heterocycles. The lowest BCUT2D eigenvalue weighted by molar-refractivity contribution is -0.130. The zero-order chi connectivity index (χ0) is 15.9. The third kappa shape index (κ3) is 10.0. The van der Waals surface area contributed by atoms with Crippen LogP contribution in [0, 0.1) is 0 Å². The molecule has 22 heavy (non-hydrogen) atoms. The molecule has 0 aromatic rings. The number of allylic oxidation sites excluding steroid dienone is 2. The van der Waals surface area contributed by atoms with Crippen LogP contribution < -0.4 is 0 Å².